The first-order chi connectivity index (χ1) is 16.8. The van der Waals surface area contributed by atoms with E-state index in [0.717, 1.165) is 16.5 Å². The predicted molar refractivity (Wildman–Crippen MR) is 128 cm³/mol. The summed E-state index contributed by atoms with van der Waals surface area (Å²) in [6.45, 7) is 1.89. The van der Waals surface area contributed by atoms with Crippen molar-refractivity contribution in [3.05, 3.63) is 88.7 Å². The van der Waals surface area contributed by atoms with Crippen molar-refractivity contribution in [1.29, 1.82) is 0 Å². The van der Waals surface area contributed by atoms with Crippen LogP contribution in [-0.2, 0) is 9.59 Å². The fourth-order valence-electron chi connectivity index (χ4n) is 4.17. The Bertz CT molecular complexity index is 1310. The summed E-state index contributed by atoms with van der Waals surface area (Å²) in [6, 6.07) is 14.3. The Kier molecular flexibility index (Phi) is 6.46. The molecule has 0 aromatic heterocycles. The molecular formula is C27H24FNO6. The Morgan fingerprint density at radius 3 is 2.09 bits per heavy atom. The molecule has 0 bridgehead atoms. The van der Waals surface area contributed by atoms with Gasteiger partial charge in [-0.1, -0.05) is 35.9 Å². The average Bonchev–Trinajstić information content (AvgIpc) is 3.13. The maximum atomic E-state index is 14.1. The molecule has 4 rings (SSSR count). The number of ketones is 1. The summed E-state index contributed by atoms with van der Waals surface area (Å²) in [5, 5.41) is 11.2. The van der Waals surface area contributed by atoms with Crippen molar-refractivity contribution in [2.24, 2.45) is 0 Å². The van der Waals surface area contributed by atoms with Gasteiger partial charge in [-0.15, -0.1) is 0 Å². The highest BCUT2D eigenvalue weighted by molar-refractivity contribution is 6.51. The zero-order valence-electron chi connectivity index (χ0n) is 19.7. The number of Topliss-reactive ketones (excluding diaryl/α,β-unsaturated/α-hetero) is 1. The van der Waals surface area contributed by atoms with E-state index in [1.54, 1.807) is 36.4 Å². The molecule has 1 fully saturated rings. The van der Waals surface area contributed by atoms with Crippen LogP contribution in [0.2, 0.25) is 0 Å². The lowest BCUT2D eigenvalue weighted by Crippen LogP contribution is -2.29. The van der Waals surface area contributed by atoms with Gasteiger partial charge < -0.3 is 19.3 Å². The zero-order valence-corrected chi connectivity index (χ0v) is 19.7. The number of carbonyl (C=O) groups excluding carboxylic acids is 2. The standard InChI is InChI=1S/C27H24FNO6/c1-15-8-10-16(11-9-15)24(30)22-23(17-12-20(33-2)26(35-4)21(13-17)34-3)29(27(32)25(22)31)19-7-5-6-18(28)14-19/h5-14,23,30H,1-4H3/b24-22+. The summed E-state index contributed by atoms with van der Waals surface area (Å²) < 4.78 is 30.4. The Morgan fingerprint density at radius 1 is 0.914 bits per heavy atom. The SMILES string of the molecule is COc1cc(C2/C(=C(\O)c3ccc(C)cc3)C(=O)C(=O)N2c2cccc(F)c2)cc(OC)c1OC. The fourth-order valence-corrected chi connectivity index (χ4v) is 4.17. The number of rotatable bonds is 6. The molecule has 180 valence electrons. The molecule has 1 aliphatic rings. The first kappa shape index (κ1) is 23.8. The van der Waals surface area contributed by atoms with Crippen LogP contribution in [0, 0.1) is 12.7 Å². The van der Waals surface area contributed by atoms with Gasteiger partial charge in [-0.05, 0) is 42.8 Å². The van der Waals surface area contributed by atoms with Gasteiger partial charge in [0.15, 0.2) is 11.5 Å². The molecule has 1 N–H and O–H groups in total. The Labute approximate surface area is 202 Å². The number of aryl methyl sites for hydroxylation is 1. The van der Waals surface area contributed by atoms with E-state index in [-0.39, 0.29) is 17.0 Å². The van der Waals surface area contributed by atoms with Gasteiger partial charge in [-0.25, -0.2) is 4.39 Å². The maximum Gasteiger partial charge on any atom is 0.300 e. The summed E-state index contributed by atoms with van der Waals surface area (Å²) in [5.74, 6) is -1.81. The second-order valence-corrected chi connectivity index (χ2v) is 7.97. The van der Waals surface area contributed by atoms with Crippen LogP contribution in [-0.4, -0.2) is 38.1 Å². The Hall–Kier alpha value is -4.33. The van der Waals surface area contributed by atoms with Crippen molar-refractivity contribution < 1.29 is 33.3 Å². The van der Waals surface area contributed by atoms with E-state index in [0.29, 0.717) is 28.4 Å². The number of benzene rings is 3. The number of ether oxygens (including phenoxy) is 3. The summed E-state index contributed by atoms with van der Waals surface area (Å²) in [6.07, 6.45) is 0. The van der Waals surface area contributed by atoms with Crippen molar-refractivity contribution >= 4 is 23.1 Å². The van der Waals surface area contributed by atoms with Gasteiger partial charge in [0.2, 0.25) is 5.75 Å². The van der Waals surface area contributed by atoms with Gasteiger partial charge in [0, 0.05) is 11.3 Å². The highest BCUT2D eigenvalue weighted by Crippen LogP contribution is 2.47. The van der Waals surface area contributed by atoms with E-state index < -0.39 is 23.5 Å². The summed E-state index contributed by atoms with van der Waals surface area (Å²) in [5.41, 5.74) is 1.75. The molecule has 0 aliphatic carbocycles. The van der Waals surface area contributed by atoms with Gasteiger partial charge in [-0.2, -0.15) is 0 Å². The molecule has 1 amide bonds. The number of nitrogens with zero attached hydrogens (tertiary/aromatic N) is 1. The predicted octanol–water partition coefficient (Wildman–Crippen LogP) is 4.79. The molecule has 0 saturated carbocycles. The lowest BCUT2D eigenvalue weighted by molar-refractivity contribution is -0.132. The van der Waals surface area contributed by atoms with Crippen molar-refractivity contribution in [2.75, 3.05) is 26.2 Å². The third kappa shape index (κ3) is 4.19. The maximum absolute atomic E-state index is 14.1. The molecule has 3 aromatic carbocycles. The highest BCUT2D eigenvalue weighted by Gasteiger charge is 2.47. The second kappa shape index (κ2) is 9.50. The molecule has 0 radical (unpaired) electrons. The van der Waals surface area contributed by atoms with Crippen LogP contribution in [0.4, 0.5) is 10.1 Å². The number of aliphatic hydroxyl groups is 1. The van der Waals surface area contributed by atoms with Gasteiger partial charge in [0.25, 0.3) is 11.7 Å². The molecule has 3 aromatic rings. The van der Waals surface area contributed by atoms with Crippen LogP contribution < -0.4 is 19.1 Å². The molecule has 1 unspecified atom stereocenters. The minimum Gasteiger partial charge on any atom is -0.507 e. The van der Waals surface area contributed by atoms with Crippen molar-refractivity contribution in [3.63, 3.8) is 0 Å². The molecule has 1 saturated heterocycles. The first-order valence-electron chi connectivity index (χ1n) is 10.7. The number of hydrogen-bond acceptors (Lipinski definition) is 6. The molecular weight excluding hydrogens is 453 g/mol. The van der Waals surface area contributed by atoms with Gasteiger partial charge >= 0.3 is 0 Å². The molecule has 35 heavy (non-hydrogen) atoms. The van der Waals surface area contributed by atoms with Crippen LogP contribution in [0.3, 0.4) is 0 Å². The number of methoxy groups -OCH3 is 3. The van der Waals surface area contributed by atoms with E-state index in [2.05, 4.69) is 0 Å². The average molecular weight is 477 g/mol. The lowest BCUT2D eigenvalue weighted by Gasteiger charge is -2.26. The number of aliphatic hydroxyl groups excluding tert-OH is 1. The molecule has 1 atom stereocenters. The highest BCUT2D eigenvalue weighted by atomic mass is 19.1. The van der Waals surface area contributed by atoms with Gasteiger partial charge in [0.05, 0.1) is 32.9 Å². The summed E-state index contributed by atoms with van der Waals surface area (Å²) >= 11 is 0. The van der Waals surface area contributed by atoms with E-state index in [9.17, 15) is 19.1 Å². The molecule has 7 nitrogen and oxygen atoms in total. The van der Waals surface area contributed by atoms with Crippen LogP contribution in [0.1, 0.15) is 22.7 Å². The molecule has 8 heteroatoms. The smallest absolute Gasteiger partial charge is 0.300 e. The Balaban J connectivity index is 2.02. The summed E-state index contributed by atoms with van der Waals surface area (Å²) in [4.78, 5) is 27.7. The van der Waals surface area contributed by atoms with Crippen molar-refractivity contribution in [2.45, 2.75) is 13.0 Å². The third-order valence-corrected chi connectivity index (χ3v) is 5.86. The number of anilines is 1. The number of halogens is 1. The first-order valence-corrected chi connectivity index (χ1v) is 10.7. The van der Waals surface area contributed by atoms with Crippen LogP contribution >= 0.6 is 0 Å². The third-order valence-electron chi connectivity index (χ3n) is 5.86. The van der Waals surface area contributed by atoms with Gasteiger partial charge in [0.1, 0.15) is 11.6 Å². The lowest BCUT2D eigenvalue weighted by atomic mass is 9.94. The molecule has 1 heterocycles. The number of carbonyl (C=O) groups is 2. The van der Waals surface area contributed by atoms with E-state index in [1.165, 1.54) is 39.5 Å². The van der Waals surface area contributed by atoms with Crippen LogP contribution in [0.5, 0.6) is 17.2 Å². The van der Waals surface area contributed by atoms with Crippen LogP contribution in [0.25, 0.3) is 5.76 Å². The number of amides is 1. The Morgan fingerprint density at radius 2 is 1.54 bits per heavy atom. The van der Waals surface area contributed by atoms with E-state index in [4.69, 9.17) is 14.2 Å². The molecule has 1 aliphatic heterocycles. The van der Waals surface area contributed by atoms with Crippen LogP contribution in [0.15, 0.2) is 66.2 Å². The monoisotopic (exact) mass is 477 g/mol. The molecule has 0 spiro atoms. The van der Waals surface area contributed by atoms with Crippen molar-refractivity contribution in [1.82, 2.24) is 0 Å². The van der Waals surface area contributed by atoms with E-state index in [1.807, 2.05) is 6.92 Å². The van der Waals surface area contributed by atoms with Gasteiger partial charge in [-0.3, -0.25) is 14.5 Å². The number of hydrogen-bond donors (Lipinski definition) is 1. The second-order valence-electron chi connectivity index (χ2n) is 7.97. The largest absolute Gasteiger partial charge is 0.507 e. The normalized spacial score (nSPS) is 16.9. The van der Waals surface area contributed by atoms with Crippen molar-refractivity contribution in [3.8, 4) is 17.2 Å². The zero-order chi connectivity index (χ0) is 25.3. The fraction of sp³-hybridized carbons (Fsp3) is 0.185. The van der Waals surface area contributed by atoms with E-state index >= 15 is 0 Å². The minimum atomic E-state index is -1.09. The summed E-state index contributed by atoms with van der Waals surface area (Å²) in [7, 11) is 4.34. The minimum absolute atomic E-state index is 0.141. The quantitative estimate of drug-likeness (QED) is 0.312. The topological polar surface area (TPSA) is 85.3 Å².